The number of aromatic nitrogens is 2. The fourth-order valence-corrected chi connectivity index (χ4v) is 4.65. The van der Waals surface area contributed by atoms with Gasteiger partial charge in [0.2, 0.25) is 10.0 Å². The van der Waals surface area contributed by atoms with Crippen molar-refractivity contribution in [3.05, 3.63) is 82.3 Å². The molecule has 0 unspecified atom stereocenters. The summed E-state index contributed by atoms with van der Waals surface area (Å²) < 4.78 is 29.9. The van der Waals surface area contributed by atoms with Crippen LogP contribution in [-0.4, -0.2) is 24.5 Å². The largest absolute Gasteiger partial charge is 0.323 e. The lowest BCUT2D eigenvalue weighted by atomic mass is 10.1. The molecule has 0 atom stereocenters. The average molecular weight is 460 g/mol. The molecule has 0 radical (unpaired) electrons. The second kappa shape index (κ2) is 8.40. The van der Waals surface area contributed by atoms with Crippen LogP contribution in [0.4, 0.5) is 0 Å². The molecule has 0 spiro atoms. The summed E-state index contributed by atoms with van der Waals surface area (Å²) in [5, 5.41) is 0.505. The van der Waals surface area contributed by atoms with E-state index in [1.54, 1.807) is 0 Å². The van der Waals surface area contributed by atoms with E-state index in [4.69, 9.17) is 28.2 Å². The Kier molecular flexibility index (Phi) is 5.84. The van der Waals surface area contributed by atoms with Crippen molar-refractivity contribution in [1.29, 1.82) is 0 Å². The van der Waals surface area contributed by atoms with E-state index in [1.165, 1.54) is 18.2 Å². The number of imidazole rings is 1. The van der Waals surface area contributed by atoms with Gasteiger partial charge < -0.3 is 4.57 Å². The van der Waals surface area contributed by atoms with E-state index in [0.29, 0.717) is 11.6 Å². The summed E-state index contributed by atoms with van der Waals surface area (Å²) in [4.78, 5) is 4.84. The highest BCUT2D eigenvalue weighted by molar-refractivity contribution is 7.89. The van der Waals surface area contributed by atoms with Crippen LogP contribution in [0.1, 0.15) is 5.56 Å². The predicted molar refractivity (Wildman–Crippen MR) is 122 cm³/mol. The Hall–Kier alpha value is -2.38. The first-order valence-electron chi connectivity index (χ1n) is 9.32. The maximum atomic E-state index is 12.6. The van der Waals surface area contributed by atoms with Crippen LogP contribution in [0, 0.1) is 6.92 Å². The van der Waals surface area contributed by atoms with Crippen LogP contribution in [0.5, 0.6) is 0 Å². The number of hydrogen-bond donors (Lipinski definition) is 1. The Bertz CT molecular complexity index is 1320. The van der Waals surface area contributed by atoms with Crippen LogP contribution in [0.3, 0.4) is 0 Å². The topological polar surface area (TPSA) is 64.0 Å². The fraction of sp³-hybridized carbons (Fsp3) is 0.136. The molecule has 1 aromatic heterocycles. The van der Waals surface area contributed by atoms with Crippen molar-refractivity contribution in [3.8, 4) is 11.4 Å². The van der Waals surface area contributed by atoms with E-state index in [9.17, 15) is 8.42 Å². The summed E-state index contributed by atoms with van der Waals surface area (Å²) in [6, 6.07) is 20.2. The van der Waals surface area contributed by atoms with E-state index >= 15 is 0 Å². The quantitative estimate of drug-likeness (QED) is 0.425. The Morgan fingerprint density at radius 2 is 1.70 bits per heavy atom. The Balaban J connectivity index is 1.61. The second-order valence-corrected chi connectivity index (χ2v) is 9.50. The van der Waals surface area contributed by atoms with Crippen molar-refractivity contribution in [1.82, 2.24) is 14.3 Å². The predicted octanol–water partition coefficient (Wildman–Crippen LogP) is 5.30. The van der Waals surface area contributed by atoms with Gasteiger partial charge in [-0.1, -0.05) is 65.2 Å². The van der Waals surface area contributed by atoms with E-state index in [0.717, 1.165) is 28.0 Å². The Morgan fingerprint density at radius 3 is 2.43 bits per heavy atom. The minimum atomic E-state index is -3.72. The highest BCUT2D eigenvalue weighted by Crippen LogP contribution is 2.26. The van der Waals surface area contributed by atoms with E-state index < -0.39 is 10.0 Å². The molecule has 0 fully saturated rings. The number of nitrogens with one attached hydrogen (secondary N) is 1. The second-order valence-electron chi connectivity index (χ2n) is 6.92. The lowest BCUT2D eigenvalue weighted by molar-refractivity contribution is 0.574. The van der Waals surface area contributed by atoms with Crippen LogP contribution >= 0.6 is 23.2 Å². The number of hydrogen-bond acceptors (Lipinski definition) is 3. The van der Waals surface area contributed by atoms with E-state index in [2.05, 4.69) is 4.72 Å². The van der Waals surface area contributed by atoms with Gasteiger partial charge in [0.05, 0.1) is 26.0 Å². The minimum Gasteiger partial charge on any atom is -0.323 e. The summed E-state index contributed by atoms with van der Waals surface area (Å²) in [7, 11) is -3.72. The smallest absolute Gasteiger partial charge is 0.240 e. The molecule has 154 valence electrons. The molecular formula is C22H19Cl2N3O2S. The van der Waals surface area contributed by atoms with Crippen molar-refractivity contribution in [2.24, 2.45) is 0 Å². The van der Waals surface area contributed by atoms with E-state index in [1.807, 2.05) is 60.0 Å². The highest BCUT2D eigenvalue weighted by Gasteiger charge is 2.17. The molecule has 1 heterocycles. The zero-order valence-corrected chi connectivity index (χ0v) is 18.5. The zero-order chi connectivity index (χ0) is 21.3. The molecule has 4 aromatic rings. The summed E-state index contributed by atoms with van der Waals surface area (Å²) in [5.74, 6) is 0.796. The maximum Gasteiger partial charge on any atom is 0.240 e. The van der Waals surface area contributed by atoms with Gasteiger partial charge in [0.25, 0.3) is 0 Å². The number of sulfonamides is 1. The molecule has 4 rings (SSSR count). The Morgan fingerprint density at radius 1 is 0.967 bits per heavy atom. The van der Waals surface area contributed by atoms with Gasteiger partial charge in [0.15, 0.2) is 0 Å². The van der Waals surface area contributed by atoms with Gasteiger partial charge in [-0.2, -0.15) is 0 Å². The number of nitrogens with zero attached hydrogens (tertiary/aromatic N) is 2. The third-order valence-electron chi connectivity index (χ3n) is 4.79. The number of fused-ring (bicyclic) bond motifs is 1. The van der Waals surface area contributed by atoms with Crippen molar-refractivity contribution in [2.45, 2.75) is 18.4 Å². The molecule has 0 aliphatic rings. The summed E-state index contributed by atoms with van der Waals surface area (Å²) >= 11 is 11.8. The van der Waals surface area contributed by atoms with Gasteiger partial charge in [-0.05, 0) is 37.3 Å². The highest BCUT2D eigenvalue weighted by atomic mass is 35.5. The van der Waals surface area contributed by atoms with Gasteiger partial charge in [-0.15, -0.1) is 0 Å². The first-order chi connectivity index (χ1) is 14.3. The molecule has 0 amide bonds. The zero-order valence-electron chi connectivity index (χ0n) is 16.1. The van der Waals surface area contributed by atoms with Crippen LogP contribution in [0.25, 0.3) is 22.4 Å². The van der Waals surface area contributed by atoms with Crippen molar-refractivity contribution in [2.75, 3.05) is 6.54 Å². The van der Waals surface area contributed by atoms with Crippen molar-refractivity contribution < 1.29 is 8.42 Å². The lowest BCUT2D eigenvalue weighted by Gasteiger charge is -2.12. The van der Waals surface area contributed by atoms with Crippen molar-refractivity contribution in [3.63, 3.8) is 0 Å². The molecule has 30 heavy (non-hydrogen) atoms. The van der Waals surface area contributed by atoms with Crippen LogP contribution in [0.15, 0.2) is 71.6 Å². The summed E-state index contributed by atoms with van der Waals surface area (Å²) in [6.45, 7) is 2.65. The first kappa shape index (κ1) is 20.9. The van der Waals surface area contributed by atoms with Crippen LogP contribution in [0.2, 0.25) is 10.0 Å². The van der Waals surface area contributed by atoms with Gasteiger partial charge in [-0.3, -0.25) is 0 Å². The Labute approximate surface area is 185 Å². The van der Waals surface area contributed by atoms with Gasteiger partial charge in [-0.25, -0.2) is 18.1 Å². The summed E-state index contributed by atoms with van der Waals surface area (Å²) in [6.07, 6.45) is 0. The number of aryl methyl sites for hydroxylation is 1. The molecule has 0 saturated carbocycles. The van der Waals surface area contributed by atoms with Crippen LogP contribution < -0.4 is 4.72 Å². The fourth-order valence-electron chi connectivity index (χ4n) is 3.24. The molecule has 0 aliphatic carbocycles. The van der Waals surface area contributed by atoms with Gasteiger partial charge >= 0.3 is 0 Å². The van der Waals surface area contributed by atoms with Gasteiger partial charge in [0, 0.05) is 18.7 Å². The lowest BCUT2D eigenvalue weighted by Crippen LogP contribution is -2.27. The van der Waals surface area contributed by atoms with E-state index in [-0.39, 0.29) is 16.5 Å². The number of rotatable bonds is 6. The minimum absolute atomic E-state index is 0.0751. The summed E-state index contributed by atoms with van der Waals surface area (Å²) in [5.41, 5.74) is 3.95. The maximum absolute atomic E-state index is 12.6. The standard InChI is InChI=1S/C22H19Cl2N3O2S/c1-15-6-8-16(9-7-15)22-26-20-4-2-3-5-21(20)27(22)13-12-25-30(28,29)17-10-11-18(23)19(24)14-17/h2-11,14,25H,12-13H2,1H3. The molecule has 1 N–H and O–H groups in total. The molecular weight excluding hydrogens is 441 g/mol. The SMILES string of the molecule is Cc1ccc(-c2nc3ccccc3n2CCNS(=O)(=O)c2ccc(Cl)c(Cl)c2)cc1. The average Bonchev–Trinajstić information content (AvgIpc) is 3.09. The number of benzene rings is 3. The number of halogens is 2. The van der Waals surface area contributed by atoms with Crippen molar-refractivity contribution >= 4 is 44.3 Å². The first-order valence-corrected chi connectivity index (χ1v) is 11.6. The van der Waals surface area contributed by atoms with Crippen LogP contribution in [-0.2, 0) is 16.6 Å². The third-order valence-corrected chi connectivity index (χ3v) is 6.99. The molecule has 3 aromatic carbocycles. The molecule has 5 nitrogen and oxygen atoms in total. The molecule has 0 bridgehead atoms. The van der Waals surface area contributed by atoms with Gasteiger partial charge in [0.1, 0.15) is 5.82 Å². The molecule has 0 saturated heterocycles. The number of para-hydroxylation sites is 2. The molecule has 8 heteroatoms. The monoisotopic (exact) mass is 459 g/mol. The third kappa shape index (κ3) is 4.23. The normalized spacial score (nSPS) is 11.8. The molecule has 0 aliphatic heterocycles.